The van der Waals surface area contributed by atoms with Gasteiger partial charge in [-0.2, -0.15) is 0 Å². The summed E-state index contributed by atoms with van der Waals surface area (Å²) in [7, 11) is 0. The number of aromatic nitrogens is 2. The van der Waals surface area contributed by atoms with Crippen molar-refractivity contribution in [2.45, 2.75) is 12.8 Å². The van der Waals surface area contributed by atoms with Gasteiger partial charge >= 0.3 is 0 Å². The molecule has 0 radical (unpaired) electrons. The first-order valence-electron chi connectivity index (χ1n) is 15.7. The third kappa shape index (κ3) is 3.58. The van der Waals surface area contributed by atoms with Gasteiger partial charge in [0.1, 0.15) is 11.2 Å². The van der Waals surface area contributed by atoms with Gasteiger partial charge < -0.3 is 13.6 Å². The molecular formula is C42H28N2O. The number of allylic oxidation sites excluding steroid dienone is 4. The number of fused-ring (bicyclic) bond motifs is 9. The molecule has 3 heteroatoms. The van der Waals surface area contributed by atoms with Crippen molar-refractivity contribution >= 4 is 76.8 Å². The van der Waals surface area contributed by atoms with Crippen LogP contribution >= 0.6 is 0 Å². The monoisotopic (exact) mass is 576 g/mol. The van der Waals surface area contributed by atoms with Crippen LogP contribution < -0.4 is 0 Å². The number of hydrogen-bond donors (Lipinski definition) is 0. The van der Waals surface area contributed by atoms with Crippen LogP contribution in [0.25, 0.3) is 82.5 Å². The summed E-state index contributed by atoms with van der Waals surface area (Å²) in [5.74, 6) is 0. The largest absolute Gasteiger partial charge is 0.456 e. The van der Waals surface area contributed by atoms with Gasteiger partial charge in [0.25, 0.3) is 0 Å². The van der Waals surface area contributed by atoms with Crippen LogP contribution in [0, 0.1) is 0 Å². The Morgan fingerprint density at radius 3 is 1.91 bits per heavy atom. The molecule has 212 valence electrons. The first-order chi connectivity index (χ1) is 22.3. The summed E-state index contributed by atoms with van der Waals surface area (Å²) in [6.45, 7) is 0. The van der Waals surface area contributed by atoms with E-state index in [1.54, 1.807) is 0 Å². The highest BCUT2D eigenvalue weighted by atomic mass is 16.3. The smallest absolute Gasteiger partial charge is 0.135 e. The van der Waals surface area contributed by atoms with Crippen LogP contribution in [0.1, 0.15) is 18.4 Å². The molecule has 0 N–H and O–H groups in total. The standard InChI is InChI=1S/C42H28N2O/c1-2-11-27(12-3-1)28-13-10-14-29(23-28)43-37-18-7-4-15-31(37)34-25-35-32-16-5-8-19-38(32)44(40(35)26-39(34)43)30-21-22-42-36(24-30)33-17-6-9-20-41(33)45-42/h1-9,11-13,15-26H,10,14H2. The molecule has 45 heavy (non-hydrogen) atoms. The second-order valence-electron chi connectivity index (χ2n) is 12.1. The van der Waals surface area contributed by atoms with Crippen molar-refractivity contribution in [1.82, 2.24) is 9.13 Å². The van der Waals surface area contributed by atoms with E-state index in [-0.39, 0.29) is 0 Å². The second-order valence-corrected chi connectivity index (χ2v) is 12.1. The van der Waals surface area contributed by atoms with Crippen LogP contribution in [0.3, 0.4) is 0 Å². The van der Waals surface area contributed by atoms with Crippen molar-refractivity contribution in [2.24, 2.45) is 0 Å². The van der Waals surface area contributed by atoms with Crippen molar-refractivity contribution in [3.63, 3.8) is 0 Å². The average Bonchev–Trinajstić information content (AvgIpc) is 3.75. The molecule has 3 nitrogen and oxygen atoms in total. The van der Waals surface area contributed by atoms with E-state index in [0.717, 1.165) is 40.5 Å². The predicted octanol–water partition coefficient (Wildman–Crippen LogP) is 11.5. The third-order valence-corrected chi connectivity index (χ3v) is 9.57. The minimum absolute atomic E-state index is 0.912. The Hall–Kier alpha value is -5.80. The molecule has 6 aromatic carbocycles. The summed E-state index contributed by atoms with van der Waals surface area (Å²) in [5, 5.41) is 7.37. The Kier molecular flexibility index (Phi) is 5.11. The van der Waals surface area contributed by atoms with Gasteiger partial charge in [-0.25, -0.2) is 0 Å². The fourth-order valence-electron chi connectivity index (χ4n) is 7.57. The van der Waals surface area contributed by atoms with E-state index in [4.69, 9.17) is 4.42 Å². The first-order valence-corrected chi connectivity index (χ1v) is 15.7. The van der Waals surface area contributed by atoms with Gasteiger partial charge in [-0.1, -0.05) is 91.0 Å². The number of rotatable bonds is 3. The Morgan fingerprint density at radius 2 is 1.11 bits per heavy atom. The number of benzene rings is 6. The van der Waals surface area contributed by atoms with Crippen molar-refractivity contribution in [2.75, 3.05) is 0 Å². The lowest BCUT2D eigenvalue weighted by atomic mass is 9.97. The Morgan fingerprint density at radius 1 is 0.467 bits per heavy atom. The van der Waals surface area contributed by atoms with Crippen LogP contribution in [0.15, 0.2) is 150 Å². The molecule has 10 rings (SSSR count). The summed E-state index contributed by atoms with van der Waals surface area (Å²) in [5.41, 5.74) is 11.7. The van der Waals surface area contributed by atoms with E-state index in [2.05, 4.69) is 143 Å². The zero-order chi connectivity index (χ0) is 29.5. The zero-order valence-electron chi connectivity index (χ0n) is 24.6. The van der Waals surface area contributed by atoms with Gasteiger partial charge in [0.05, 0.1) is 22.1 Å². The molecule has 0 atom stereocenters. The van der Waals surface area contributed by atoms with Crippen molar-refractivity contribution in [3.05, 3.63) is 151 Å². The molecule has 0 fully saturated rings. The van der Waals surface area contributed by atoms with Crippen LogP contribution in [-0.2, 0) is 0 Å². The van der Waals surface area contributed by atoms with Gasteiger partial charge in [-0.15, -0.1) is 0 Å². The van der Waals surface area contributed by atoms with E-state index in [9.17, 15) is 0 Å². The molecule has 0 spiro atoms. The lowest BCUT2D eigenvalue weighted by molar-refractivity contribution is 0.669. The minimum atomic E-state index is 0.912. The van der Waals surface area contributed by atoms with Gasteiger partial charge in [0.15, 0.2) is 0 Å². The van der Waals surface area contributed by atoms with E-state index in [1.807, 2.05) is 12.1 Å². The van der Waals surface area contributed by atoms with E-state index >= 15 is 0 Å². The molecule has 1 aliphatic rings. The SMILES string of the molecule is C1=C(c2ccccc2)C=C(n2c3ccccc3c3cc4c5ccccc5n(-c5ccc6oc7ccccc7c6c5)c4cc32)CC1. The molecular weight excluding hydrogens is 548 g/mol. The lowest BCUT2D eigenvalue weighted by Crippen LogP contribution is -2.01. The summed E-state index contributed by atoms with van der Waals surface area (Å²) in [6.07, 6.45) is 6.78. The van der Waals surface area contributed by atoms with Crippen molar-refractivity contribution in [1.29, 1.82) is 0 Å². The highest BCUT2D eigenvalue weighted by Crippen LogP contribution is 2.42. The summed E-state index contributed by atoms with van der Waals surface area (Å²) in [6, 6.07) is 48.1. The average molecular weight is 577 g/mol. The number of nitrogens with zero attached hydrogens (tertiary/aromatic N) is 2. The van der Waals surface area contributed by atoms with Crippen molar-refractivity contribution < 1.29 is 4.42 Å². The molecule has 0 unspecified atom stereocenters. The Bertz CT molecular complexity index is 2700. The maximum atomic E-state index is 6.19. The van der Waals surface area contributed by atoms with Crippen molar-refractivity contribution in [3.8, 4) is 5.69 Å². The molecule has 0 saturated heterocycles. The summed E-state index contributed by atoms with van der Waals surface area (Å²) >= 11 is 0. The molecule has 0 saturated carbocycles. The highest BCUT2D eigenvalue weighted by Gasteiger charge is 2.20. The van der Waals surface area contributed by atoms with Gasteiger partial charge in [0.2, 0.25) is 0 Å². The van der Waals surface area contributed by atoms with Crippen LogP contribution in [0.5, 0.6) is 0 Å². The van der Waals surface area contributed by atoms with Crippen LogP contribution in [-0.4, -0.2) is 9.13 Å². The van der Waals surface area contributed by atoms with Gasteiger partial charge in [-0.3, -0.25) is 0 Å². The van der Waals surface area contributed by atoms with E-state index in [1.165, 1.54) is 60.4 Å². The van der Waals surface area contributed by atoms with Gasteiger partial charge in [0, 0.05) is 43.7 Å². The highest BCUT2D eigenvalue weighted by molar-refractivity contribution is 6.20. The Labute approximate surface area is 259 Å². The fraction of sp³-hybridized carbons (Fsp3) is 0.0476. The fourth-order valence-corrected chi connectivity index (χ4v) is 7.57. The van der Waals surface area contributed by atoms with Gasteiger partial charge in [-0.05, 0) is 78.6 Å². The number of furan rings is 1. The summed E-state index contributed by atoms with van der Waals surface area (Å²) < 4.78 is 11.1. The molecule has 0 aliphatic heterocycles. The molecule has 9 aromatic rings. The lowest BCUT2D eigenvalue weighted by Gasteiger charge is -2.18. The quantitative estimate of drug-likeness (QED) is 0.205. The molecule has 0 amide bonds. The zero-order valence-corrected chi connectivity index (χ0v) is 24.6. The van der Waals surface area contributed by atoms with E-state index < -0.39 is 0 Å². The number of hydrogen-bond acceptors (Lipinski definition) is 1. The number of para-hydroxylation sites is 3. The molecule has 3 aromatic heterocycles. The summed E-state index contributed by atoms with van der Waals surface area (Å²) in [4.78, 5) is 0. The predicted molar refractivity (Wildman–Crippen MR) is 189 cm³/mol. The van der Waals surface area contributed by atoms with E-state index in [0.29, 0.717) is 0 Å². The first kappa shape index (κ1) is 24.6. The Balaban J connectivity index is 1.28. The molecule has 1 aliphatic carbocycles. The second kappa shape index (κ2) is 9.35. The molecule has 0 bridgehead atoms. The van der Waals surface area contributed by atoms with Crippen LogP contribution in [0.2, 0.25) is 0 Å². The maximum absolute atomic E-state index is 6.19. The minimum Gasteiger partial charge on any atom is -0.456 e. The van der Waals surface area contributed by atoms with Crippen LogP contribution in [0.4, 0.5) is 0 Å². The maximum Gasteiger partial charge on any atom is 0.135 e. The topological polar surface area (TPSA) is 23.0 Å². The third-order valence-electron chi connectivity index (χ3n) is 9.57. The molecule has 3 heterocycles. The normalized spacial score (nSPS) is 13.9.